The summed E-state index contributed by atoms with van der Waals surface area (Å²) in [5, 5.41) is 9.15. The third-order valence-corrected chi connectivity index (χ3v) is 6.06. The number of carboxylic acids is 1. The summed E-state index contributed by atoms with van der Waals surface area (Å²) >= 11 is 0. The minimum atomic E-state index is -0.666. The predicted octanol–water partition coefficient (Wildman–Crippen LogP) is 4.54. The summed E-state index contributed by atoms with van der Waals surface area (Å²) in [7, 11) is 0. The molecule has 1 aliphatic heterocycles. The Kier molecular flexibility index (Phi) is 5.58. The number of hydrogen-bond acceptors (Lipinski definition) is 2. The number of benzene rings is 2. The second-order valence-electron chi connectivity index (χ2n) is 7.82. The quantitative estimate of drug-likeness (QED) is 0.848. The summed E-state index contributed by atoms with van der Waals surface area (Å²) in [5.41, 5.74) is 5.97. The van der Waals surface area contributed by atoms with Crippen molar-refractivity contribution in [3.63, 3.8) is 0 Å². The van der Waals surface area contributed by atoms with Crippen LogP contribution >= 0.6 is 0 Å². The molecule has 1 heterocycles. The first-order chi connectivity index (χ1) is 13.6. The molecular formula is C24H26FNO2. The van der Waals surface area contributed by atoms with Crippen molar-refractivity contribution in [2.75, 3.05) is 19.6 Å². The molecule has 0 spiro atoms. The first-order valence-electron chi connectivity index (χ1n) is 10.1. The minimum absolute atomic E-state index is 0.176. The Labute approximate surface area is 165 Å². The Morgan fingerprint density at radius 2 is 1.79 bits per heavy atom. The van der Waals surface area contributed by atoms with Crippen molar-refractivity contribution in [2.45, 2.75) is 32.1 Å². The van der Waals surface area contributed by atoms with Crippen molar-refractivity contribution in [3.05, 3.63) is 76.6 Å². The lowest BCUT2D eigenvalue weighted by atomic mass is 9.93. The number of aliphatic carboxylic acids is 1. The molecule has 0 saturated carbocycles. The average Bonchev–Trinajstić information content (AvgIpc) is 2.85. The molecular weight excluding hydrogens is 353 g/mol. The SMILES string of the molecule is O=C(O)C1CCN(CCC=C2c3ccccc3CCc3cc(F)ccc32)CC1. The zero-order valence-electron chi connectivity index (χ0n) is 16.0. The van der Waals surface area contributed by atoms with Crippen LogP contribution in [0, 0.1) is 11.7 Å². The molecule has 1 fully saturated rings. The molecule has 1 saturated heterocycles. The molecule has 0 unspecified atom stereocenters. The van der Waals surface area contributed by atoms with Crippen LogP contribution < -0.4 is 0 Å². The van der Waals surface area contributed by atoms with Gasteiger partial charge in [0.2, 0.25) is 0 Å². The van der Waals surface area contributed by atoms with Crippen LogP contribution in [0.1, 0.15) is 41.5 Å². The molecule has 3 nitrogen and oxygen atoms in total. The maximum absolute atomic E-state index is 13.8. The van der Waals surface area contributed by atoms with Crippen LogP contribution in [0.15, 0.2) is 48.5 Å². The number of piperidine rings is 1. The van der Waals surface area contributed by atoms with Crippen molar-refractivity contribution in [1.82, 2.24) is 4.90 Å². The minimum Gasteiger partial charge on any atom is -0.481 e. The van der Waals surface area contributed by atoms with E-state index in [-0.39, 0.29) is 11.7 Å². The molecule has 146 valence electrons. The largest absolute Gasteiger partial charge is 0.481 e. The number of carboxylic acid groups (broad SMARTS) is 1. The van der Waals surface area contributed by atoms with E-state index < -0.39 is 5.97 Å². The van der Waals surface area contributed by atoms with Gasteiger partial charge < -0.3 is 10.0 Å². The van der Waals surface area contributed by atoms with Gasteiger partial charge in [-0.1, -0.05) is 36.4 Å². The summed E-state index contributed by atoms with van der Waals surface area (Å²) in [4.78, 5) is 13.5. The zero-order chi connectivity index (χ0) is 19.5. The Balaban J connectivity index is 1.54. The average molecular weight is 379 g/mol. The van der Waals surface area contributed by atoms with Crippen LogP contribution in [0.4, 0.5) is 4.39 Å². The lowest BCUT2D eigenvalue weighted by molar-refractivity contribution is -0.143. The number of nitrogens with zero attached hydrogens (tertiary/aromatic N) is 1. The maximum Gasteiger partial charge on any atom is 0.306 e. The van der Waals surface area contributed by atoms with Gasteiger partial charge in [-0.25, -0.2) is 4.39 Å². The van der Waals surface area contributed by atoms with Crippen LogP contribution in [-0.2, 0) is 17.6 Å². The Morgan fingerprint density at radius 1 is 1.07 bits per heavy atom. The smallest absolute Gasteiger partial charge is 0.306 e. The molecule has 2 aromatic carbocycles. The van der Waals surface area contributed by atoms with Crippen LogP contribution in [0.2, 0.25) is 0 Å². The number of fused-ring (bicyclic) bond motifs is 2. The molecule has 28 heavy (non-hydrogen) atoms. The highest BCUT2D eigenvalue weighted by molar-refractivity contribution is 5.83. The molecule has 2 aliphatic rings. The summed E-state index contributed by atoms with van der Waals surface area (Å²) in [5.74, 6) is -1.03. The number of hydrogen-bond donors (Lipinski definition) is 1. The van der Waals surface area contributed by atoms with Gasteiger partial charge in [-0.2, -0.15) is 0 Å². The highest BCUT2D eigenvalue weighted by Crippen LogP contribution is 2.34. The molecule has 1 aliphatic carbocycles. The van der Waals surface area contributed by atoms with Gasteiger partial charge in [0.15, 0.2) is 0 Å². The lowest BCUT2D eigenvalue weighted by Crippen LogP contribution is -2.36. The van der Waals surface area contributed by atoms with Crippen LogP contribution in [0.25, 0.3) is 5.57 Å². The molecule has 0 radical (unpaired) electrons. The number of carbonyl (C=O) groups is 1. The highest BCUT2D eigenvalue weighted by atomic mass is 19.1. The second kappa shape index (κ2) is 8.27. The standard InChI is InChI=1S/C24H26FNO2/c25-20-9-10-22-19(16-20)8-7-17-4-1-2-5-21(17)23(22)6-3-13-26-14-11-18(12-15-26)24(27)28/h1-2,4-6,9-10,16,18H,3,7-8,11-15H2,(H,27,28). The lowest BCUT2D eigenvalue weighted by Gasteiger charge is -2.29. The summed E-state index contributed by atoms with van der Waals surface area (Å²) in [6.45, 7) is 2.62. The van der Waals surface area contributed by atoms with Crippen LogP contribution in [-0.4, -0.2) is 35.6 Å². The van der Waals surface area contributed by atoms with Crippen molar-refractivity contribution >= 4 is 11.5 Å². The summed E-state index contributed by atoms with van der Waals surface area (Å²) in [6, 6.07) is 13.6. The monoisotopic (exact) mass is 379 g/mol. The zero-order valence-corrected chi connectivity index (χ0v) is 16.0. The van der Waals surface area contributed by atoms with Crippen molar-refractivity contribution in [1.29, 1.82) is 0 Å². The molecule has 1 N–H and O–H groups in total. The number of aryl methyl sites for hydroxylation is 2. The van der Waals surface area contributed by atoms with E-state index in [1.165, 1.54) is 16.7 Å². The summed E-state index contributed by atoms with van der Waals surface area (Å²) in [6.07, 6.45) is 6.42. The van der Waals surface area contributed by atoms with Gasteiger partial charge in [0.1, 0.15) is 5.82 Å². The van der Waals surface area contributed by atoms with Crippen LogP contribution in [0.3, 0.4) is 0 Å². The van der Waals surface area contributed by atoms with Gasteiger partial charge in [0.05, 0.1) is 5.92 Å². The van der Waals surface area contributed by atoms with E-state index in [9.17, 15) is 9.18 Å². The normalized spacial score (nSPS) is 19.1. The highest BCUT2D eigenvalue weighted by Gasteiger charge is 2.24. The third-order valence-electron chi connectivity index (χ3n) is 6.06. The van der Waals surface area contributed by atoms with Gasteiger partial charge in [-0.15, -0.1) is 0 Å². The molecule has 4 rings (SSSR count). The topological polar surface area (TPSA) is 40.5 Å². The summed E-state index contributed by atoms with van der Waals surface area (Å²) < 4.78 is 13.8. The predicted molar refractivity (Wildman–Crippen MR) is 109 cm³/mol. The van der Waals surface area contributed by atoms with Gasteiger partial charge >= 0.3 is 5.97 Å². The molecule has 0 aromatic heterocycles. The van der Waals surface area contributed by atoms with E-state index >= 15 is 0 Å². The Hall–Kier alpha value is -2.46. The fourth-order valence-corrected chi connectivity index (χ4v) is 4.46. The van der Waals surface area contributed by atoms with Gasteiger partial charge in [-0.05, 0) is 85.2 Å². The van der Waals surface area contributed by atoms with E-state index in [0.717, 1.165) is 62.9 Å². The fourth-order valence-electron chi connectivity index (χ4n) is 4.46. The second-order valence-corrected chi connectivity index (χ2v) is 7.82. The van der Waals surface area contributed by atoms with Crippen LogP contribution in [0.5, 0.6) is 0 Å². The van der Waals surface area contributed by atoms with E-state index in [2.05, 4.69) is 35.2 Å². The van der Waals surface area contributed by atoms with E-state index in [1.807, 2.05) is 6.07 Å². The Morgan fingerprint density at radius 3 is 2.57 bits per heavy atom. The van der Waals surface area contributed by atoms with Crippen molar-refractivity contribution < 1.29 is 14.3 Å². The van der Waals surface area contributed by atoms with Gasteiger partial charge in [0.25, 0.3) is 0 Å². The number of likely N-dealkylation sites (tertiary alicyclic amines) is 1. The van der Waals surface area contributed by atoms with E-state index in [4.69, 9.17) is 5.11 Å². The van der Waals surface area contributed by atoms with E-state index in [0.29, 0.717) is 0 Å². The fraction of sp³-hybridized carbons (Fsp3) is 0.375. The van der Waals surface area contributed by atoms with Crippen molar-refractivity contribution in [2.24, 2.45) is 5.92 Å². The van der Waals surface area contributed by atoms with Gasteiger partial charge in [-0.3, -0.25) is 4.79 Å². The van der Waals surface area contributed by atoms with E-state index in [1.54, 1.807) is 12.1 Å². The first kappa shape index (κ1) is 18.9. The molecule has 0 amide bonds. The molecule has 4 heteroatoms. The maximum atomic E-state index is 13.8. The molecule has 0 bridgehead atoms. The molecule has 2 aromatic rings. The molecule has 0 atom stereocenters. The third kappa shape index (κ3) is 4.02. The Bertz CT molecular complexity index is 897. The van der Waals surface area contributed by atoms with Crippen molar-refractivity contribution in [3.8, 4) is 0 Å². The first-order valence-corrected chi connectivity index (χ1v) is 10.1. The number of halogens is 1. The van der Waals surface area contributed by atoms with Gasteiger partial charge in [0, 0.05) is 6.54 Å². The number of rotatable bonds is 4.